The maximum absolute atomic E-state index is 13.1. The molecule has 0 aliphatic rings. The largest absolute Gasteiger partial charge is 0.494 e. The summed E-state index contributed by atoms with van der Waals surface area (Å²) in [5.41, 5.74) is -0.397. The number of nitrogens with zero attached hydrogens (tertiary/aromatic N) is 2. The molecule has 0 saturated carbocycles. The van der Waals surface area contributed by atoms with Crippen molar-refractivity contribution in [2.24, 2.45) is 0 Å². The van der Waals surface area contributed by atoms with Gasteiger partial charge < -0.3 is 15.4 Å². The first kappa shape index (κ1) is 18.8. The minimum absolute atomic E-state index is 0.0400. The number of anilines is 3. The molecule has 0 unspecified atom stereocenters. The Morgan fingerprint density at radius 3 is 2.36 bits per heavy atom. The van der Waals surface area contributed by atoms with Gasteiger partial charge in [0.05, 0.1) is 6.61 Å². The fourth-order valence-corrected chi connectivity index (χ4v) is 1.99. The van der Waals surface area contributed by atoms with Gasteiger partial charge in [0.2, 0.25) is 5.95 Å². The van der Waals surface area contributed by atoms with Gasteiger partial charge in [-0.1, -0.05) is 6.92 Å². The smallest absolute Gasteiger partial charge is 0.433 e. The summed E-state index contributed by atoms with van der Waals surface area (Å²) in [5.74, 6) is 0.695. The van der Waals surface area contributed by atoms with E-state index >= 15 is 0 Å². The summed E-state index contributed by atoms with van der Waals surface area (Å²) in [6, 6.07) is 7.73. The van der Waals surface area contributed by atoms with Crippen molar-refractivity contribution in [1.29, 1.82) is 0 Å². The molecule has 5 nitrogen and oxygen atoms in total. The molecule has 1 aromatic carbocycles. The van der Waals surface area contributed by atoms with Crippen LogP contribution in [-0.4, -0.2) is 22.6 Å². The van der Waals surface area contributed by atoms with E-state index in [0.717, 1.165) is 12.5 Å². The number of ether oxygens (including phenoxy) is 1. The van der Waals surface area contributed by atoms with Gasteiger partial charge in [0, 0.05) is 17.8 Å². The lowest BCUT2D eigenvalue weighted by atomic mass is 10.2. The Hall–Kier alpha value is -2.51. The van der Waals surface area contributed by atoms with E-state index in [-0.39, 0.29) is 17.8 Å². The quantitative estimate of drug-likeness (QED) is 0.744. The molecule has 1 atom stereocenters. The van der Waals surface area contributed by atoms with E-state index in [0.29, 0.717) is 18.0 Å². The van der Waals surface area contributed by atoms with Crippen molar-refractivity contribution in [2.75, 3.05) is 17.2 Å². The van der Waals surface area contributed by atoms with Crippen LogP contribution < -0.4 is 15.4 Å². The van der Waals surface area contributed by atoms with Gasteiger partial charge >= 0.3 is 6.18 Å². The highest BCUT2D eigenvalue weighted by atomic mass is 19.4. The highest BCUT2D eigenvalue weighted by molar-refractivity contribution is 5.58. The molecule has 2 aromatic rings. The van der Waals surface area contributed by atoms with Crippen molar-refractivity contribution < 1.29 is 17.9 Å². The summed E-state index contributed by atoms with van der Waals surface area (Å²) in [6.45, 7) is 6.18. The maximum atomic E-state index is 13.1. The molecule has 0 aliphatic carbocycles. The van der Waals surface area contributed by atoms with Crippen LogP contribution in [0.25, 0.3) is 0 Å². The van der Waals surface area contributed by atoms with Crippen molar-refractivity contribution in [1.82, 2.24) is 9.97 Å². The van der Waals surface area contributed by atoms with Gasteiger partial charge in [-0.3, -0.25) is 0 Å². The number of nitrogens with one attached hydrogen (secondary N) is 2. The monoisotopic (exact) mass is 354 g/mol. The molecule has 0 fully saturated rings. The highest BCUT2D eigenvalue weighted by Crippen LogP contribution is 2.30. The number of halogens is 3. The molecule has 1 aromatic heterocycles. The predicted molar refractivity (Wildman–Crippen MR) is 91.3 cm³/mol. The van der Waals surface area contributed by atoms with Crippen LogP contribution >= 0.6 is 0 Å². The Balaban J connectivity index is 2.27. The van der Waals surface area contributed by atoms with Crippen molar-refractivity contribution in [3.8, 4) is 5.75 Å². The molecule has 0 spiro atoms. The van der Waals surface area contributed by atoms with Crippen LogP contribution in [0.4, 0.5) is 30.6 Å². The maximum Gasteiger partial charge on any atom is 0.433 e. The molecule has 136 valence electrons. The Labute approximate surface area is 144 Å². The number of rotatable bonds is 7. The van der Waals surface area contributed by atoms with Crippen molar-refractivity contribution in [3.63, 3.8) is 0 Å². The van der Waals surface area contributed by atoms with Crippen molar-refractivity contribution >= 4 is 17.5 Å². The Morgan fingerprint density at radius 2 is 1.80 bits per heavy atom. The standard InChI is InChI=1S/C17H21F3N4O/c1-4-11(3)21-16-23-14(17(18,19)20)10-15(24-16)22-12-6-8-13(9-7-12)25-5-2/h6-11H,4-5H2,1-3H3,(H2,21,22,23,24)/t11-/m0/s1. The van der Waals surface area contributed by atoms with Gasteiger partial charge in [0.15, 0.2) is 5.69 Å². The van der Waals surface area contributed by atoms with E-state index in [9.17, 15) is 13.2 Å². The number of hydrogen-bond acceptors (Lipinski definition) is 5. The van der Waals surface area contributed by atoms with E-state index < -0.39 is 11.9 Å². The number of hydrogen-bond donors (Lipinski definition) is 2. The second-order valence-corrected chi connectivity index (χ2v) is 5.50. The predicted octanol–water partition coefficient (Wildman–Crippen LogP) is 4.85. The van der Waals surface area contributed by atoms with Gasteiger partial charge in [-0.15, -0.1) is 0 Å². The lowest BCUT2D eigenvalue weighted by Crippen LogP contribution is -2.18. The molecule has 0 saturated heterocycles. The van der Waals surface area contributed by atoms with Crippen LogP contribution in [0.2, 0.25) is 0 Å². The van der Waals surface area contributed by atoms with Gasteiger partial charge in [0.1, 0.15) is 11.6 Å². The van der Waals surface area contributed by atoms with Crippen molar-refractivity contribution in [2.45, 2.75) is 39.4 Å². The van der Waals surface area contributed by atoms with Crippen LogP contribution in [-0.2, 0) is 6.18 Å². The third-order valence-corrected chi connectivity index (χ3v) is 3.44. The van der Waals surface area contributed by atoms with Crippen LogP contribution in [0.3, 0.4) is 0 Å². The molecule has 0 bridgehead atoms. The summed E-state index contributed by atoms with van der Waals surface area (Å²) in [5, 5.41) is 5.74. The molecule has 25 heavy (non-hydrogen) atoms. The SMILES string of the molecule is CCOc1ccc(Nc2cc(C(F)(F)F)nc(N[C@@H](C)CC)n2)cc1. The fraction of sp³-hybridized carbons (Fsp3) is 0.412. The average Bonchev–Trinajstić information content (AvgIpc) is 2.56. The second kappa shape index (κ2) is 8.04. The molecule has 0 aliphatic heterocycles. The summed E-state index contributed by atoms with van der Waals surface area (Å²) < 4.78 is 44.6. The van der Waals surface area contributed by atoms with E-state index in [1.165, 1.54) is 0 Å². The molecule has 1 heterocycles. The lowest BCUT2D eigenvalue weighted by Gasteiger charge is -2.15. The van der Waals surface area contributed by atoms with Gasteiger partial charge in [-0.05, 0) is 44.5 Å². The van der Waals surface area contributed by atoms with E-state index in [4.69, 9.17) is 4.74 Å². The minimum Gasteiger partial charge on any atom is -0.494 e. The Morgan fingerprint density at radius 1 is 1.12 bits per heavy atom. The van der Waals surface area contributed by atoms with E-state index in [1.54, 1.807) is 24.3 Å². The molecule has 2 rings (SSSR count). The van der Waals surface area contributed by atoms with Crippen LogP contribution in [0.5, 0.6) is 5.75 Å². The number of aromatic nitrogens is 2. The molecular formula is C17H21F3N4O. The molecular weight excluding hydrogens is 333 g/mol. The zero-order chi connectivity index (χ0) is 18.4. The lowest BCUT2D eigenvalue weighted by molar-refractivity contribution is -0.141. The van der Waals surface area contributed by atoms with Gasteiger partial charge in [0.25, 0.3) is 0 Å². The molecule has 8 heteroatoms. The Kier molecular flexibility index (Phi) is 6.06. The second-order valence-electron chi connectivity index (χ2n) is 5.50. The van der Waals surface area contributed by atoms with Crippen LogP contribution in [0, 0.1) is 0 Å². The van der Waals surface area contributed by atoms with E-state index in [2.05, 4.69) is 20.6 Å². The first-order valence-corrected chi connectivity index (χ1v) is 8.04. The summed E-state index contributed by atoms with van der Waals surface area (Å²) in [6.07, 6.45) is -3.81. The zero-order valence-corrected chi connectivity index (χ0v) is 14.3. The summed E-state index contributed by atoms with van der Waals surface area (Å²) in [4.78, 5) is 7.69. The molecule has 0 radical (unpaired) electrons. The first-order valence-electron chi connectivity index (χ1n) is 8.04. The molecule has 2 N–H and O–H groups in total. The van der Waals surface area contributed by atoms with Gasteiger partial charge in [-0.25, -0.2) is 4.98 Å². The highest BCUT2D eigenvalue weighted by Gasteiger charge is 2.33. The average molecular weight is 354 g/mol. The number of alkyl halides is 3. The van der Waals surface area contributed by atoms with Crippen molar-refractivity contribution in [3.05, 3.63) is 36.0 Å². The van der Waals surface area contributed by atoms with Crippen LogP contribution in [0.15, 0.2) is 30.3 Å². The van der Waals surface area contributed by atoms with Gasteiger partial charge in [-0.2, -0.15) is 18.2 Å². The summed E-state index contributed by atoms with van der Waals surface area (Å²) >= 11 is 0. The normalized spacial score (nSPS) is 12.6. The third kappa shape index (κ3) is 5.51. The minimum atomic E-state index is -4.55. The fourth-order valence-electron chi connectivity index (χ4n) is 1.99. The van der Waals surface area contributed by atoms with E-state index in [1.807, 2.05) is 20.8 Å². The topological polar surface area (TPSA) is 59.1 Å². The first-order chi connectivity index (χ1) is 11.8. The van der Waals surface area contributed by atoms with Crippen LogP contribution in [0.1, 0.15) is 32.9 Å². The third-order valence-electron chi connectivity index (χ3n) is 3.44. The molecule has 0 amide bonds. The summed E-state index contributed by atoms with van der Waals surface area (Å²) in [7, 11) is 0. The number of benzene rings is 1. The Bertz CT molecular complexity index is 689. The zero-order valence-electron chi connectivity index (χ0n) is 14.3.